The molecular formula is C13H21NO. The van der Waals surface area contributed by atoms with Crippen LogP contribution in [0.5, 0.6) is 0 Å². The van der Waals surface area contributed by atoms with Crippen LogP contribution in [0, 0.1) is 5.92 Å². The Labute approximate surface area is 92.6 Å². The molecule has 0 aromatic carbocycles. The molecule has 0 saturated heterocycles. The zero-order valence-corrected chi connectivity index (χ0v) is 10.0. The minimum atomic E-state index is 0.625. The lowest BCUT2D eigenvalue weighted by molar-refractivity contribution is 0.235. The molecule has 0 N–H and O–H groups in total. The Balaban J connectivity index is 2.32. The number of ether oxygens (including phenoxy) is 1. The van der Waals surface area contributed by atoms with Crippen molar-refractivity contribution >= 4 is 0 Å². The molecule has 0 radical (unpaired) electrons. The molecule has 0 aromatic rings. The number of rotatable bonds is 2. The Morgan fingerprint density at radius 1 is 1.53 bits per heavy atom. The molecule has 15 heavy (non-hydrogen) atoms. The largest absolute Gasteiger partial charge is 0.501 e. The lowest BCUT2D eigenvalue weighted by Crippen LogP contribution is -2.33. The van der Waals surface area contributed by atoms with Crippen LogP contribution in [0.15, 0.2) is 23.1 Å². The van der Waals surface area contributed by atoms with Gasteiger partial charge in [0.2, 0.25) is 0 Å². The van der Waals surface area contributed by atoms with Crippen LogP contribution < -0.4 is 0 Å². The van der Waals surface area contributed by atoms with Gasteiger partial charge in [-0.1, -0.05) is 6.92 Å². The van der Waals surface area contributed by atoms with Crippen LogP contribution in [0.2, 0.25) is 0 Å². The molecule has 84 valence electrons. The van der Waals surface area contributed by atoms with Gasteiger partial charge in [0.1, 0.15) is 0 Å². The standard InChI is InChI=1S/C13H21NO/c1-4-14-7-5-6-11-9-12(15-3)8-10(2)13(11)14/h9-10H,4-8H2,1-3H3. The average molecular weight is 207 g/mol. The van der Waals surface area contributed by atoms with Gasteiger partial charge in [-0.15, -0.1) is 0 Å². The fourth-order valence-corrected chi connectivity index (χ4v) is 2.81. The summed E-state index contributed by atoms with van der Waals surface area (Å²) in [5, 5.41) is 0. The molecule has 0 spiro atoms. The first-order valence-corrected chi connectivity index (χ1v) is 5.98. The number of nitrogens with zero attached hydrogens (tertiary/aromatic N) is 1. The maximum Gasteiger partial charge on any atom is 0.0965 e. The fourth-order valence-electron chi connectivity index (χ4n) is 2.81. The molecule has 1 atom stereocenters. The minimum Gasteiger partial charge on any atom is -0.501 e. The molecule has 0 aromatic heterocycles. The summed E-state index contributed by atoms with van der Waals surface area (Å²) < 4.78 is 5.39. The molecule has 2 heteroatoms. The first-order valence-electron chi connectivity index (χ1n) is 5.98. The number of hydrogen-bond donors (Lipinski definition) is 0. The Kier molecular flexibility index (Phi) is 3.03. The fraction of sp³-hybridized carbons (Fsp3) is 0.692. The topological polar surface area (TPSA) is 12.5 Å². The van der Waals surface area contributed by atoms with Gasteiger partial charge in [-0.3, -0.25) is 0 Å². The van der Waals surface area contributed by atoms with E-state index in [-0.39, 0.29) is 0 Å². The predicted molar refractivity (Wildman–Crippen MR) is 62.4 cm³/mol. The maximum atomic E-state index is 5.39. The van der Waals surface area contributed by atoms with Crippen molar-refractivity contribution in [3.8, 4) is 0 Å². The van der Waals surface area contributed by atoms with Gasteiger partial charge in [0.25, 0.3) is 0 Å². The zero-order chi connectivity index (χ0) is 10.8. The normalized spacial score (nSPS) is 26.2. The van der Waals surface area contributed by atoms with E-state index < -0.39 is 0 Å². The van der Waals surface area contributed by atoms with Crippen LogP contribution in [-0.2, 0) is 4.74 Å². The van der Waals surface area contributed by atoms with E-state index in [1.807, 2.05) is 0 Å². The number of hydrogen-bond acceptors (Lipinski definition) is 2. The summed E-state index contributed by atoms with van der Waals surface area (Å²) in [4.78, 5) is 2.53. The van der Waals surface area contributed by atoms with Gasteiger partial charge in [0.15, 0.2) is 0 Å². The molecule has 2 nitrogen and oxygen atoms in total. The summed E-state index contributed by atoms with van der Waals surface area (Å²) >= 11 is 0. The Hall–Kier alpha value is -0.920. The van der Waals surface area contributed by atoms with Gasteiger partial charge < -0.3 is 9.64 Å². The van der Waals surface area contributed by atoms with Crippen molar-refractivity contribution in [3.05, 3.63) is 23.1 Å². The molecule has 0 bridgehead atoms. The highest BCUT2D eigenvalue weighted by molar-refractivity contribution is 5.34. The molecule has 1 unspecified atom stereocenters. The van der Waals surface area contributed by atoms with Crippen molar-refractivity contribution in [2.45, 2.75) is 33.1 Å². The zero-order valence-electron chi connectivity index (χ0n) is 10.0. The lowest BCUT2D eigenvalue weighted by Gasteiger charge is -2.38. The number of allylic oxidation sites excluding steroid dienone is 4. The lowest BCUT2D eigenvalue weighted by atomic mass is 9.87. The number of methoxy groups -OCH3 is 1. The second-order valence-electron chi connectivity index (χ2n) is 4.51. The average Bonchev–Trinajstić information content (AvgIpc) is 2.27. The van der Waals surface area contributed by atoms with Crippen LogP contribution in [-0.4, -0.2) is 25.1 Å². The molecule has 1 aliphatic heterocycles. The molecule has 2 aliphatic rings. The molecule has 0 amide bonds. The molecule has 2 rings (SSSR count). The van der Waals surface area contributed by atoms with Crippen molar-refractivity contribution in [3.63, 3.8) is 0 Å². The summed E-state index contributed by atoms with van der Waals surface area (Å²) in [7, 11) is 1.78. The third-order valence-electron chi connectivity index (χ3n) is 3.50. The van der Waals surface area contributed by atoms with Gasteiger partial charge in [-0.25, -0.2) is 0 Å². The summed E-state index contributed by atoms with van der Waals surface area (Å²) in [6, 6.07) is 0. The molecule has 0 saturated carbocycles. The Morgan fingerprint density at radius 3 is 3.00 bits per heavy atom. The van der Waals surface area contributed by atoms with E-state index >= 15 is 0 Å². The monoisotopic (exact) mass is 207 g/mol. The van der Waals surface area contributed by atoms with Gasteiger partial charge in [-0.2, -0.15) is 0 Å². The first-order chi connectivity index (χ1) is 7.26. The van der Waals surface area contributed by atoms with Crippen molar-refractivity contribution < 1.29 is 4.74 Å². The van der Waals surface area contributed by atoms with E-state index in [0.717, 1.165) is 18.7 Å². The molecule has 0 fully saturated rings. The van der Waals surface area contributed by atoms with Crippen LogP contribution in [0.3, 0.4) is 0 Å². The highest BCUT2D eigenvalue weighted by atomic mass is 16.5. The van der Waals surface area contributed by atoms with E-state index in [0.29, 0.717) is 5.92 Å². The molecule has 1 heterocycles. The second kappa shape index (κ2) is 4.30. The Morgan fingerprint density at radius 2 is 2.33 bits per heavy atom. The van der Waals surface area contributed by atoms with Gasteiger partial charge in [-0.05, 0) is 31.4 Å². The van der Waals surface area contributed by atoms with Crippen molar-refractivity contribution in [1.29, 1.82) is 0 Å². The highest BCUT2D eigenvalue weighted by Gasteiger charge is 2.27. The third-order valence-corrected chi connectivity index (χ3v) is 3.50. The van der Waals surface area contributed by atoms with Crippen molar-refractivity contribution in [2.24, 2.45) is 5.92 Å². The highest BCUT2D eigenvalue weighted by Crippen LogP contribution is 2.36. The SMILES string of the molecule is CCN1CCCC2=C1C(C)CC(OC)=C2. The van der Waals surface area contributed by atoms with Gasteiger partial charge in [0, 0.05) is 31.1 Å². The smallest absolute Gasteiger partial charge is 0.0965 e. The quantitative estimate of drug-likeness (QED) is 0.690. The summed E-state index contributed by atoms with van der Waals surface area (Å²) in [5.74, 6) is 1.78. The third kappa shape index (κ3) is 1.90. The summed E-state index contributed by atoms with van der Waals surface area (Å²) in [6.07, 6.45) is 5.83. The van der Waals surface area contributed by atoms with E-state index in [9.17, 15) is 0 Å². The van der Waals surface area contributed by atoms with E-state index in [1.165, 1.54) is 25.0 Å². The van der Waals surface area contributed by atoms with Crippen LogP contribution in [0.25, 0.3) is 0 Å². The van der Waals surface area contributed by atoms with Gasteiger partial charge in [0.05, 0.1) is 12.9 Å². The van der Waals surface area contributed by atoms with Crippen molar-refractivity contribution in [1.82, 2.24) is 4.90 Å². The minimum absolute atomic E-state index is 0.625. The first kappa shape index (κ1) is 10.6. The summed E-state index contributed by atoms with van der Waals surface area (Å²) in [5.41, 5.74) is 3.09. The second-order valence-corrected chi connectivity index (χ2v) is 4.51. The van der Waals surface area contributed by atoms with Crippen LogP contribution in [0.1, 0.15) is 33.1 Å². The van der Waals surface area contributed by atoms with E-state index in [1.54, 1.807) is 12.8 Å². The van der Waals surface area contributed by atoms with Crippen LogP contribution >= 0.6 is 0 Å². The molecule has 1 aliphatic carbocycles. The van der Waals surface area contributed by atoms with Crippen molar-refractivity contribution in [2.75, 3.05) is 20.2 Å². The van der Waals surface area contributed by atoms with Gasteiger partial charge >= 0.3 is 0 Å². The van der Waals surface area contributed by atoms with E-state index in [2.05, 4.69) is 24.8 Å². The van der Waals surface area contributed by atoms with E-state index in [4.69, 9.17) is 4.74 Å². The predicted octanol–water partition coefficient (Wildman–Crippen LogP) is 2.93. The van der Waals surface area contributed by atoms with Crippen LogP contribution in [0.4, 0.5) is 0 Å². The maximum absolute atomic E-state index is 5.39. The Bertz CT molecular complexity index is 304. The molecular weight excluding hydrogens is 186 g/mol. The summed E-state index contributed by atoms with van der Waals surface area (Å²) in [6.45, 7) is 6.93.